The van der Waals surface area contributed by atoms with E-state index in [0.29, 0.717) is 11.0 Å². The van der Waals surface area contributed by atoms with E-state index in [1.165, 1.54) is 22.7 Å². The van der Waals surface area contributed by atoms with Crippen molar-refractivity contribution in [3.05, 3.63) is 96.1 Å². The molecule has 6 aromatic rings. The predicted octanol–water partition coefficient (Wildman–Crippen LogP) is 6.79. The second kappa shape index (κ2) is 9.97. The van der Waals surface area contributed by atoms with Gasteiger partial charge >= 0.3 is 0 Å². The molecule has 0 unspecified atom stereocenters. The molecule has 0 atom stereocenters. The summed E-state index contributed by atoms with van der Waals surface area (Å²) in [6.07, 6.45) is 0. The highest BCUT2D eigenvalue weighted by Gasteiger charge is 2.18. The first-order valence-corrected chi connectivity index (χ1v) is 16.7. The summed E-state index contributed by atoms with van der Waals surface area (Å²) in [4.78, 5) is 9.25. The van der Waals surface area contributed by atoms with Crippen molar-refractivity contribution in [2.75, 3.05) is 9.44 Å². The highest BCUT2D eigenvalue weighted by atomic mass is 32.2. The minimum absolute atomic E-state index is 0.177. The molecule has 202 valence electrons. The monoisotopic (exact) mass is 606 g/mol. The Labute approximate surface area is 239 Å². The number of thiazole rings is 2. The fourth-order valence-electron chi connectivity index (χ4n) is 4.08. The van der Waals surface area contributed by atoms with E-state index in [1.807, 2.05) is 50.2 Å². The molecule has 8 nitrogen and oxygen atoms in total. The third-order valence-corrected chi connectivity index (χ3v) is 11.1. The summed E-state index contributed by atoms with van der Waals surface area (Å²) in [5.74, 6) is 0. The normalized spacial score (nSPS) is 12.2. The van der Waals surface area contributed by atoms with Crippen molar-refractivity contribution in [1.82, 2.24) is 9.97 Å². The Morgan fingerprint density at radius 1 is 0.550 bits per heavy atom. The van der Waals surface area contributed by atoms with E-state index in [1.54, 1.807) is 48.5 Å². The van der Waals surface area contributed by atoms with E-state index >= 15 is 0 Å². The van der Waals surface area contributed by atoms with Crippen LogP contribution in [0.3, 0.4) is 0 Å². The summed E-state index contributed by atoms with van der Waals surface area (Å²) >= 11 is 2.51. The van der Waals surface area contributed by atoms with Crippen molar-refractivity contribution in [2.24, 2.45) is 0 Å². The van der Waals surface area contributed by atoms with Gasteiger partial charge in [0.15, 0.2) is 10.3 Å². The molecule has 0 spiro atoms. The van der Waals surface area contributed by atoms with Crippen molar-refractivity contribution in [3.8, 4) is 11.1 Å². The van der Waals surface area contributed by atoms with Gasteiger partial charge in [0.1, 0.15) is 0 Å². The van der Waals surface area contributed by atoms with Crippen molar-refractivity contribution in [3.63, 3.8) is 0 Å². The molecule has 0 amide bonds. The van der Waals surface area contributed by atoms with Crippen LogP contribution in [0.4, 0.5) is 10.3 Å². The van der Waals surface area contributed by atoms with Gasteiger partial charge in [-0.1, -0.05) is 70.2 Å². The van der Waals surface area contributed by atoms with Crippen LogP contribution in [0.15, 0.2) is 94.7 Å². The lowest BCUT2D eigenvalue weighted by molar-refractivity contribution is 0.599. The molecule has 0 saturated heterocycles. The average molecular weight is 607 g/mol. The van der Waals surface area contributed by atoms with Crippen molar-refractivity contribution >= 4 is 73.4 Å². The van der Waals surface area contributed by atoms with Crippen molar-refractivity contribution < 1.29 is 16.8 Å². The van der Waals surface area contributed by atoms with Crippen LogP contribution >= 0.6 is 22.7 Å². The van der Waals surface area contributed by atoms with E-state index in [-0.39, 0.29) is 20.1 Å². The Balaban J connectivity index is 1.25. The Morgan fingerprint density at radius 2 is 0.925 bits per heavy atom. The molecule has 0 aliphatic rings. The molecule has 0 aliphatic carbocycles. The van der Waals surface area contributed by atoms with E-state index in [0.717, 1.165) is 31.7 Å². The van der Waals surface area contributed by atoms with Crippen LogP contribution < -0.4 is 9.44 Å². The van der Waals surface area contributed by atoms with E-state index in [4.69, 9.17) is 0 Å². The second-order valence-electron chi connectivity index (χ2n) is 9.24. The summed E-state index contributed by atoms with van der Waals surface area (Å²) in [5.41, 5.74) is 5.15. The fourth-order valence-corrected chi connectivity index (χ4v) is 8.36. The van der Waals surface area contributed by atoms with Gasteiger partial charge in [-0.2, -0.15) is 0 Å². The van der Waals surface area contributed by atoms with Gasteiger partial charge in [0.25, 0.3) is 20.0 Å². The Morgan fingerprint density at radius 3 is 1.30 bits per heavy atom. The average Bonchev–Trinajstić information content (AvgIpc) is 3.49. The van der Waals surface area contributed by atoms with E-state index in [2.05, 4.69) is 19.4 Å². The van der Waals surface area contributed by atoms with Crippen LogP contribution in [0.25, 0.3) is 31.6 Å². The van der Waals surface area contributed by atoms with Gasteiger partial charge in [-0.3, -0.25) is 9.44 Å². The first kappa shape index (κ1) is 26.4. The zero-order chi connectivity index (χ0) is 28.1. The van der Waals surface area contributed by atoms with Crippen LogP contribution in [0.5, 0.6) is 0 Å². The van der Waals surface area contributed by atoms with Gasteiger partial charge in [0.05, 0.1) is 30.2 Å². The molecule has 12 heteroatoms. The maximum Gasteiger partial charge on any atom is 0.263 e. The topological polar surface area (TPSA) is 118 Å². The second-order valence-corrected chi connectivity index (χ2v) is 14.7. The van der Waals surface area contributed by atoms with Gasteiger partial charge in [0.2, 0.25) is 0 Å². The lowest BCUT2D eigenvalue weighted by Gasteiger charge is -2.04. The molecule has 40 heavy (non-hydrogen) atoms. The number of fused-ring (bicyclic) bond motifs is 2. The lowest BCUT2D eigenvalue weighted by Crippen LogP contribution is -2.12. The largest absolute Gasteiger partial charge is 0.263 e. The maximum atomic E-state index is 12.8. The van der Waals surface area contributed by atoms with Gasteiger partial charge in [-0.25, -0.2) is 26.8 Å². The molecular formula is C28H22N4O4S4. The van der Waals surface area contributed by atoms with Crippen LogP contribution in [0, 0.1) is 13.8 Å². The van der Waals surface area contributed by atoms with Crippen molar-refractivity contribution in [2.45, 2.75) is 23.6 Å². The molecule has 4 aromatic carbocycles. The Kier molecular flexibility index (Phi) is 6.57. The molecule has 0 bridgehead atoms. The predicted molar refractivity (Wildman–Crippen MR) is 162 cm³/mol. The van der Waals surface area contributed by atoms with Crippen molar-refractivity contribution in [1.29, 1.82) is 0 Å². The first-order chi connectivity index (χ1) is 19.1. The zero-order valence-corrected chi connectivity index (χ0v) is 24.5. The SMILES string of the molecule is Cc1ccc(S(=O)(=O)Nc2nc3ccc(-c4ccc5nc(NS(=O)(=O)c6ccc(C)cc6)sc5c4)cc3s2)cc1. The molecule has 0 aliphatic heterocycles. The maximum absolute atomic E-state index is 12.8. The van der Waals surface area contributed by atoms with Gasteiger partial charge in [-0.15, -0.1) is 0 Å². The Hall–Kier alpha value is -3.84. The molecule has 0 saturated carbocycles. The fraction of sp³-hybridized carbons (Fsp3) is 0.0714. The number of rotatable bonds is 7. The summed E-state index contributed by atoms with van der Waals surface area (Å²) in [6, 6.07) is 24.7. The minimum Gasteiger partial charge on any atom is -0.255 e. The number of nitrogens with zero attached hydrogens (tertiary/aromatic N) is 2. The number of aromatic nitrogens is 2. The minimum atomic E-state index is -3.75. The summed E-state index contributed by atoms with van der Waals surface area (Å²) < 4.78 is 58.0. The third-order valence-electron chi connectivity index (χ3n) is 6.22. The molecule has 2 N–H and O–H groups in total. The van der Waals surface area contributed by atoms with Crippen LogP contribution in [-0.2, 0) is 20.0 Å². The van der Waals surface area contributed by atoms with Gasteiger partial charge in [0, 0.05) is 0 Å². The number of anilines is 2. The third kappa shape index (κ3) is 5.30. The van der Waals surface area contributed by atoms with E-state index < -0.39 is 20.0 Å². The first-order valence-electron chi connectivity index (χ1n) is 12.1. The summed E-state index contributed by atoms with van der Waals surface area (Å²) in [7, 11) is -7.50. The number of hydrogen-bond acceptors (Lipinski definition) is 8. The molecule has 2 aromatic heterocycles. The molecule has 2 heterocycles. The van der Waals surface area contributed by atoms with Crippen LogP contribution in [0.2, 0.25) is 0 Å². The quantitative estimate of drug-likeness (QED) is 0.207. The van der Waals surface area contributed by atoms with Crippen LogP contribution in [-0.4, -0.2) is 26.8 Å². The van der Waals surface area contributed by atoms with Crippen LogP contribution in [0.1, 0.15) is 11.1 Å². The molecule has 0 radical (unpaired) electrons. The highest BCUT2D eigenvalue weighted by molar-refractivity contribution is 7.93. The standard InChI is InChI=1S/C28H22N4O4S4/c1-17-3-9-21(10-4-17)39(33,34)31-27-29-23-13-7-19(15-25(23)37-27)20-8-14-24-26(16-20)38-28(30-24)32-40(35,36)22-11-5-18(2)6-12-22/h3-16H,1-2H3,(H,29,31)(H,30,32). The Bertz CT molecular complexity index is 1950. The number of sulfonamides is 2. The van der Waals surface area contributed by atoms with Gasteiger partial charge in [-0.05, 0) is 73.5 Å². The summed E-state index contributed by atoms with van der Waals surface area (Å²) in [6.45, 7) is 3.79. The molecule has 0 fully saturated rings. The lowest BCUT2D eigenvalue weighted by atomic mass is 10.1. The number of nitrogens with one attached hydrogen (secondary N) is 2. The van der Waals surface area contributed by atoms with Gasteiger partial charge < -0.3 is 0 Å². The molecular weight excluding hydrogens is 585 g/mol. The number of benzene rings is 4. The smallest absolute Gasteiger partial charge is 0.255 e. The number of hydrogen-bond donors (Lipinski definition) is 2. The molecule has 6 rings (SSSR count). The van der Waals surface area contributed by atoms with E-state index in [9.17, 15) is 16.8 Å². The highest BCUT2D eigenvalue weighted by Crippen LogP contribution is 2.35. The number of aryl methyl sites for hydroxylation is 2. The zero-order valence-electron chi connectivity index (χ0n) is 21.2. The summed E-state index contributed by atoms with van der Waals surface area (Å²) in [5, 5.41) is 0.576.